The summed E-state index contributed by atoms with van der Waals surface area (Å²) in [6.45, 7) is 1.87. The molecule has 3 rings (SSSR count). The van der Waals surface area contributed by atoms with E-state index in [0.717, 1.165) is 16.7 Å². The Kier molecular flexibility index (Phi) is 5.68. The van der Waals surface area contributed by atoms with Crippen molar-refractivity contribution in [1.29, 1.82) is 0 Å². The van der Waals surface area contributed by atoms with Gasteiger partial charge in [0.05, 0.1) is 12.8 Å². The second-order valence-corrected chi connectivity index (χ2v) is 6.23. The van der Waals surface area contributed by atoms with Crippen molar-refractivity contribution in [2.75, 3.05) is 12.0 Å². The third-order valence-electron chi connectivity index (χ3n) is 4.24. The molecule has 1 aliphatic heterocycles. The Morgan fingerprint density at radius 3 is 2.38 bits per heavy atom. The fourth-order valence-corrected chi connectivity index (χ4v) is 2.64. The van der Waals surface area contributed by atoms with E-state index in [0.29, 0.717) is 17.0 Å². The van der Waals surface area contributed by atoms with Gasteiger partial charge < -0.3 is 4.74 Å². The summed E-state index contributed by atoms with van der Waals surface area (Å²) in [5.74, 6) is -2.87. The summed E-state index contributed by atoms with van der Waals surface area (Å²) >= 11 is 0. The molecule has 1 atom stereocenters. The summed E-state index contributed by atoms with van der Waals surface area (Å²) in [5, 5.41) is 5.82. The van der Waals surface area contributed by atoms with Gasteiger partial charge in [-0.05, 0) is 43.3 Å². The first kappa shape index (κ1) is 19.7. The van der Waals surface area contributed by atoms with Crippen LogP contribution in [0.3, 0.4) is 0 Å². The van der Waals surface area contributed by atoms with Gasteiger partial charge in [-0.3, -0.25) is 19.7 Å². The first-order valence-corrected chi connectivity index (χ1v) is 8.63. The molecule has 0 bridgehead atoms. The Labute approximate surface area is 166 Å². The van der Waals surface area contributed by atoms with E-state index in [9.17, 15) is 19.2 Å². The van der Waals surface area contributed by atoms with E-state index in [2.05, 4.69) is 15.8 Å². The molecule has 1 aliphatic rings. The minimum Gasteiger partial charge on any atom is -0.497 e. The van der Waals surface area contributed by atoms with Crippen LogP contribution in [-0.2, 0) is 9.59 Å². The normalized spacial score (nSPS) is 16.7. The van der Waals surface area contributed by atoms with Gasteiger partial charge >= 0.3 is 6.03 Å². The topological polar surface area (TPSA) is 117 Å². The van der Waals surface area contributed by atoms with Gasteiger partial charge in [-0.25, -0.2) is 15.1 Å². The summed E-state index contributed by atoms with van der Waals surface area (Å²) in [4.78, 5) is 49.8. The Bertz CT molecular complexity index is 983. The molecule has 5 amide bonds. The number of hydrogen-bond acceptors (Lipinski definition) is 6. The van der Waals surface area contributed by atoms with E-state index in [1.807, 2.05) is 6.92 Å². The molecule has 1 saturated heterocycles. The van der Waals surface area contributed by atoms with Crippen LogP contribution in [0.15, 0.2) is 53.6 Å². The van der Waals surface area contributed by atoms with Gasteiger partial charge in [0.15, 0.2) is 5.92 Å². The number of amides is 5. The molecular weight excluding hydrogens is 376 g/mol. The molecule has 2 N–H and O–H groups in total. The summed E-state index contributed by atoms with van der Waals surface area (Å²) in [7, 11) is 1.51. The molecule has 1 heterocycles. The van der Waals surface area contributed by atoms with Gasteiger partial charge in [0, 0.05) is 11.8 Å². The highest BCUT2D eigenvalue weighted by Gasteiger charge is 2.40. The smallest absolute Gasteiger partial charge is 0.335 e. The molecule has 9 nitrogen and oxygen atoms in total. The number of benzene rings is 2. The van der Waals surface area contributed by atoms with Crippen molar-refractivity contribution in [3.8, 4) is 5.75 Å². The van der Waals surface area contributed by atoms with Crippen molar-refractivity contribution in [3.63, 3.8) is 0 Å². The van der Waals surface area contributed by atoms with E-state index in [1.165, 1.54) is 7.11 Å². The maximum absolute atomic E-state index is 12.7. The number of hydrazone groups is 1. The molecule has 1 fully saturated rings. The number of carbonyl (C=O) groups excluding carboxylic acids is 4. The fourth-order valence-electron chi connectivity index (χ4n) is 2.64. The lowest BCUT2D eigenvalue weighted by Crippen LogP contribution is -2.58. The van der Waals surface area contributed by atoms with Crippen LogP contribution in [0, 0.1) is 12.8 Å². The van der Waals surface area contributed by atoms with Crippen LogP contribution in [0.4, 0.5) is 10.5 Å². The molecule has 0 spiro atoms. The molecule has 1 unspecified atom stereocenters. The summed E-state index contributed by atoms with van der Waals surface area (Å²) < 4.78 is 5.02. The second kappa shape index (κ2) is 8.34. The van der Waals surface area contributed by atoms with Crippen LogP contribution in [0.2, 0.25) is 0 Å². The number of methoxy groups -OCH3 is 1. The van der Waals surface area contributed by atoms with Gasteiger partial charge in [-0.15, -0.1) is 0 Å². The van der Waals surface area contributed by atoms with Gasteiger partial charge in [-0.1, -0.05) is 17.7 Å². The highest BCUT2D eigenvalue weighted by atomic mass is 16.5. The summed E-state index contributed by atoms with van der Waals surface area (Å²) in [6, 6.07) is 12.2. The fraction of sp³-hybridized carbons (Fsp3) is 0.150. The number of nitrogens with one attached hydrogen (secondary N) is 2. The molecular formula is C20H18N4O5. The average Bonchev–Trinajstić information content (AvgIpc) is 2.71. The number of carbonyl (C=O) groups is 4. The quantitative estimate of drug-likeness (QED) is 0.454. The number of hydrogen-bond donors (Lipinski definition) is 2. The zero-order chi connectivity index (χ0) is 21.0. The van der Waals surface area contributed by atoms with Crippen LogP contribution in [0.25, 0.3) is 0 Å². The molecule has 0 aliphatic carbocycles. The van der Waals surface area contributed by atoms with Crippen molar-refractivity contribution >= 4 is 35.7 Å². The zero-order valence-corrected chi connectivity index (χ0v) is 15.7. The number of barbiturate groups is 1. The Morgan fingerprint density at radius 2 is 1.76 bits per heavy atom. The van der Waals surface area contributed by atoms with Crippen molar-refractivity contribution in [3.05, 3.63) is 59.7 Å². The minimum atomic E-state index is -1.36. The number of nitrogens with zero attached hydrogens (tertiary/aromatic N) is 2. The zero-order valence-electron chi connectivity index (χ0n) is 15.7. The van der Waals surface area contributed by atoms with E-state index in [-0.39, 0.29) is 0 Å². The Morgan fingerprint density at radius 1 is 1.10 bits per heavy atom. The van der Waals surface area contributed by atoms with Crippen LogP contribution >= 0.6 is 0 Å². The lowest BCUT2D eigenvalue weighted by Gasteiger charge is -2.28. The molecule has 9 heteroatoms. The Hall–Kier alpha value is -4.01. The van der Waals surface area contributed by atoms with Gasteiger partial charge in [-0.2, -0.15) is 5.10 Å². The van der Waals surface area contributed by atoms with E-state index in [4.69, 9.17) is 4.74 Å². The number of rotatable bonds is 5. The van der Waals surface area contributed by atoms with Crippen LogP contribution in [-0.4, -0.2) is 37.1 Å². The monoisotopic (exact) mass is 394 g/mol. The van der Waals surface area contributed by atoms with Crippen LogP contribution in [0.5, 0.6) is 5.75 Å². The number of ether oxygens (including phenoxy) is 1. The van der Waals surface area contributed by atoms with Gasteiger partial charge in [0.2, 0.25) is 5.91 Å². The SMILES string of the molecule is COc1ccc(C(=O)NN=CC2C(=O)NC(=O)N(c3ccc(C)cc3)C2=O)cc1. The third-order valence-corrected chi connectivity index (χ3v) is 4.24. The van der Waals surface area contributed by atoms with Crippen molar-refractivity contribution in [2.45, 2.75) is 6.92 Å². The Balaban J connectivity index is 1.72. The third kappa shape index (κ3) is 4.29. The maximum atomic E-state index is 12.7. The minimum absolute atomic E-state index is 0.318. The van der Waals surface area contributed by atoms with Gasteiger partial charge in [0.1, 0.15) is 5.75 Å². The number of aryl methyl sites for hydroxylation is 1. The number of anilines is 1. The molecule has 0 aromatic heterocycles. The molecule has 148 valence electrons. The first-order valence-electron chi connectivity index (χ1n) is 8.63. The predicted molar refractivity (Wildman–Crippen MR) is 105 cm³/mol. The van der Waals surface area contributed by atoms with Crippen molar-refractivity contribution in [2.24, 2.45) is 11.0 Å². The molecule has 0 radical (unpaired) electrons. The number of urea groups is 1. The molecule has 2 aromatic rings. The van der Waals surface area contributed by atoms with Crippen molar-refractivity contribution in [1.82, 2.24) is 10.7 Å². The van der Waals surface area contributed by atoms with E-state index < -0.39 is 29.7 Å². The largest absolute Gasteiger partial charge is 0.497 e. The molecule has 29 heavy (non-hydrogen) atoms. The molecule has 2 aromatic carbocycles. The summed E-state index contributed by atoms with van der Waals surface area (Å²) in [6.07, 6.45) is 0.993. The maximum Gasteiger partial charge on any atom is 0.335 e. The standard InChI is InChI=1S/C20H18N4O5/c1-12-3-7-14(8-4-12)24-19(27)16(18(26)22-20(24)28)11-21-23-17(25)13-5-9-15(29-2)10-6-13/h3-11,16H,1-2H3,(H,23,25)(H,22,26,28). The number of imide groups is 2. The second-order valence-electron chi connectivity index (χ2n) is 6.23. The van der Waals surface area contributed by atoms with E-state index >= 15 is 0 Å². The average molecular weight is 394 g/mol. The van der Waals surface area contributed by atoms with Crippen LogP contribution in [0.1, 0.15) is 15.9 Å². The van der Waals surface area contributed by atoms with Crippen molar-refractivity contribution < 1.29 is 23.9 Å². The highest BCUT2D eigenvalue weighted by molar-refractivity contribution is 6.32. The predicted octanol–water partition coefficient (Wildman–Crippen LogP) is 1.62. The summed E-state index contributed by atoms with van der Waals surface area (Å²) in [5.41, 5.74) is 3.85. The highest BCUT2D eigenvalue weighted by Crippen LogP contribution is 2.20. The lowest BCUT2D eigenvalue weighted by molar-refractivity contribution is -0.131. The molecule has 0 saturated carbocycles. The lowest BCUT2D eigenvalue weighted by atomic mass is 10.1. The van der Waals surface area contributed by atoms with Crippen LogP contribution < -0.4 is 20.4 Å². The van der Waals surface area contributed by atoms with E-state index in [1.54, 1.807) is 48.5 Å². The first-order chi connectivity index (χ1) is 13.9. The van der Waals surface area contributed by atoms with Gasteiger partial charge in [0.25, 0.3) is 11.8 Å².